The predicted molar refractivity (Wildman–Crippen MR) is 95.7 cm³/mol. The lowest BCUT2D eigenvalue weighted by Gasteiger charge is -2.10. The SMILES string of the molecule is COC(=O)c1ccccc1NC(=O)c1ccc(NCCC(C)C)nn1. The maximum atomic E-state index is 12.3. The predicted octanol–water partition coefficient (Wildman–Crippen LogP) is 2.97. The van der Waals surface area contributed by atoms with Crippen LogP contribution in [0.1, 0.15) is 41.1 Å². The maximum Gasteiger partial charge on any atom is 0.339 e. The summed E-state index contributed by atoms with van der Waals surface area (Å²) in [6.45, 7) is 5.09. The van der Waals surface area contributed by atoms with E-state index >= 15 is 0 Å². The van der Waals surface area contributed by atoms with Crippen molar-refractivity contribution in [3.8, 4) is 0 Å². The van der Waals surface area contributed by atoms with Crippen molar-refractivity contribution in [3.63, 3.8) is 0 Å². The molecule has 0 spiro atoms. The van der Waals surface area contributed by atoms with Gasteiger partial charge in [-0.05, 0) is 36.6 Å². The average Bonchev–Trinajstić information content (AvgIpc) is 2.61. The van der Waals surface area contributed by atoms with E-state index in [0.717, 1.165) is 13.0 Å². The van der Waals surface area contributed by atoms with Crippen LogP contribution >= 0.6 is 0 Å². The second-order valence-corrected chi connectivity index (χ2v) is 5.90. The van der Waals surface area contributed by atoms with Gasteiger partial charge in [-0.15, -0.1) is 10.2 Å². The number of ether oxygens (including phenoxy) is 1. The molecule has 2 rings (SSSR count). The van der Waals surface area contributed by atoms with E-state index in [9.17, 15) is 9.59 Å². The van der Waals surface area contributed by atoms with Gasteiger partial charge in [0.05, 0.1) is 18.4 Å². The summed E-state index contributed by atoms with van der Waals surface area (Å²) in [5, 5.41) is 13.7. The third kappa shape index (κ3) is 5.27. The van der Waals surface area contributed by atoms with E-state index in [1.165, 1.54) is 7.11 Å². The van der Waals surface area contributed by atoms with Crippen molar-refractivity contribution in [1.82, 2.24) is 10.2 Å². The summed E-state index contributed by atoms with van der Waals surface area (Å²) in [7, 11) is 1.29. The first-order chi connectivity index (χ1) is 12.0. The number of esters is 1. The van der Waals surface area contributed by atoms with Crippen LogP contribution < -0.4 is 10.6 Å². The lowest BCUT2D eigenvalue weighted by molar-refractivity contribution is 0.0602. The molecule has 7 heteroatoms. The van der Waals surface area contributed by atoms with Crippen LogP contribution in [0.2, 0.25) is 0 Å². The maximum absolute atomic E-state index is 12.3. The van der Waals surface area contributed by atoms with Gasteiger partial charge in [0, 0.05) is 6.54 Å². The van der Waals surface area contributed by atoms with E-state index in [2.05, 4.69) is 34.7 Å². The summed E-state index contributed by atoms with van der Waals surface area (Å²) in [4.78, 5) is 24.0. The lowest BCUT2D eigenvalue weighted by Crippen LogP contribution is -2.17. The Balaban J connectivity index is 2.03. The largest absolute Gasteiger partial charge is 0.465 e. The zero-order chi connectivity index (χ0) is 18.2. The molecule has 1 aromatic carbocycles. The molecule has 2 aromatic rings. The summed E-state index contributed by atoms with van der Waals surface area (Å²) >= 11 is 0. The summed E-state index contributed by atoms with van der Waals surface area (Å²) in [6.07, 6.45) is 1.02. The molecule has 1 aromatic heterocycles. The van der Waals surface area contributed by atoms with Crippen LogP contribution in [0.15, 0.2) is 36.4 Å². The number of rotatable bonds is 7. The lowest BCUT2D eigenvalue weighted by atomic mass is 10.1. The summed E-state index contributed by atoms with van der Waals surface area (Å²) in [5.41, 5.74) is 0.799. The number of carbonyl (C=O) groups is 2. The number of carbonyl (C=O) groups excluding carboxylic acids is 2. The summed E-state index contributed by atoms with van der Waals surface area (Å²) in [6, 6.07) is 9.90. The molecule has 1 amide bonds. The normalized spacial score (nSPS) is 10.4. The highest BCUT2D eigenvalue weighted by atomic mass is 16.5. The van der Waals surface area contributed by atoms with Gasteiger partial charge in [-0.1, -0.05) is 26.0 Å². The topological polar surface area (TPSA) is 93.2 Å². The molecular weight excluding hydrogens is 320 g/mol. The fraction of sp³-hybridized carbons (Fsp3) is 0.333. The highest BCUT2D eigenvalue weighted by Gasteiger charge is 2.15. The molecule has 0 saturated carbocycles. The fourth-order valence-corrected chi connectivity index (χ4v) is 2.10. The van der Waals surface area contributed by atoms with Gasteiger partial charge in [-0.25, -0.2) is 4.79 Å². The van der Waals surface area contributed by atoms with Crippen molar-refractivity contribution in [2.24, 2.45) is 5.92 Å². The van der Waals surface area contributed by atoms with Crippen LogP contribution in [0.4, 0.5) is 11.5 Å². The Morgan fingerprint density at radius 2 is 1.88 bits per heavy atom. The zero-order valence-corrected chi connectivity index (χ0v) is 14.6. The van der Waals surface area contributed by atoms with Crippen LogP contribution in [0, 0.1) is 5.92 Å². The Labute approximate surface area is 146 Å². The number of methoxy groups -OCH3 is 1. The van der Waals surface area contributed by atoms with Gasteiger partial charge < -0.3 is 15.4 Å². The van der Waals surface area contributed by atoms with Gasteiger partial charge in [-0.2, -0.15) is 0 Å². The summed E-state index contributed by atoms with van der Waals surface area (Å²) < 4.78 is 4.71. The van der Waals surface area contributed by atoms with Crippen LogP contribution in [0.25, 0.3) is 0 Å². The van der Waals surface area contributed by atoms with Gasteiger partial charge in [0.1, 0.15) is 5.82 Å². The standard InChI is InChI=1S/C18H22N4O3/c1-12(2)10-11-19-16-9-8-15(21-22-16)17(23)20-14-7-5-4-6-13(14)18(24)25-3/h4-9,12H,10-11H2,1-3H3,(H,19,22)(H,20,23). The molecule has 0 bridgehead atoms. The van der Waals surface area contributed by atoms with Gasteiger partial charge in [0.2, 0.25) is 0 Å². The van der Waals surface area contributed by atoms with Crippen molar-refractivity contribution in [3.05, 3.63) is 47.7 Å². The molecule has 7 nitrogen and oxygen atoms in total. The molecule has 0 atom stereocenters. The Kier molecular flexibility index (Phi) is 6.45. The van der Waals surface area contributed by atoms with Crippen LogP contribution in [0.5, 0.6) is 0 Å². The number of para-hydroxylation sites is 1. The van der Waals surface area contributed by atoms with Crippen molar-refractivity contribution >= 4 is 23.4 Å². The van der Waals surface area contributed by atoms with E-state index in [1.807, 2.05) is 0 Å². The van der Waals surface area contributed by atoms with E-state index in [0.29, 0.717) is 17.4 Å². The number of amides is 1. The van der Waals surface area contributed by atoms with Crippen molar-refractivity contribution in [1.29, 1.82) is 0 Å². The second-order valence-electron chi connectivity index (χ2n) is 5.90. The van der Waals surface area contributed by atoms with E-state index < -0.39 is 11.9 Å². The van der Waals surface area contributed by atoms with Crippen LogP contribution in [0.3, 0.4) is 0 Å². The van der Waals surface area contributed by atoms with Crippen LogP contribution in [-0.4, -0.2) is 35.7 Å². The molecule has 132 valence electrons. The van der Waals surface area contributed by atoms with E-state index in [-0.39, 0.29) is 11.3 Å². The fourth-order valence-electron chi connectivity index (χ4n) is 2.10. The van der Waals surface area contributed by atoms with E-state index in [4.69, 9.17) is 4.74 Å². The Bertz CT molecular complexity index is 729. The Hall–Kier alpha value is -2.96. The molecule has 0 saturated heterocycles. The monoisotopic (exact) mass is 342 g/mol. The number of aromatic nitrogens is 2. The van der Waals surface area contributed by atoms with Crippen LogP contribution in [-0.2, 0) is 4.74 Å². The Morgan fingerprint density at radius 3 is 2.52 bits per heavy atom. The first-order valence-electron chi connectivity index (χ1n) is 8.07. The van der Waals surface area contributed by atoms with E-state index in [1.54, 1.807) is 36.4 Å². The number of benzene rings is 1. The molecule has 0 radical (unpaired) electrons. The molecule has 0 aliphatic carbocycles. The minimum Gasteiger partial charge on any atom is -0.465 e. The number of nitrogens with zero attached hydrogens (tertiary/aromatic N) is 2. The number of nitrogens with one attached hydrogen (secondary N) is 2. The molecule has 2 N–H and O–H groups in total. The first-order valence-corrected chi connectivity index (χ1v) is 8.07. The third-order valence-corrected chi connectivity index (χ3v) is 3.51. The minimum absolute atomic E-state index is 0.161. The Morgan fingerprint density at radius 1 is 1.12 bits per heavy atom. The van der Waals surface area contributed by atoms with Gasteiger partial charge in [0.25, 0.3) is 5.91 Å². The highest BCUT2D eigenvalue weighted by Crippen LogP contribution is 2.17. The molecule has 0 aliphatic heterocycles. The van der Waals surface area contributed by atoms with Gasteiger partial charge in [0.15, 0.2) is 5.69 Å². The van der Waals surface area contributed by atoms with Crippen molar-refractivity contribution in [2.45, 2.75) is 20.3 Å². The number of anilines is 2. The van der Waals surface area contributed by atoms with Crippen molar-refractivity contribution in [2.75, 3.05) is 24.3 Å². The summed E-state index contributed by atoms with van der Waals surface area (Å²) in [5.74, 6) is 0.247. The average molecular weight is 342 g/mol. The van der Waals surface area contributed by atoms with Crippen molar-refractivity contribution < 1.29 is 14.3 Å². The molecule has 1 heterocycles. The molecule has 0 unspecified atom stereocenters. The molecule has 0 aliphatic rings. The molecular formula is C18H22N4O3. The molecule has 0 fully saturated rings. The molecule has 25 heavy (non-hydrogen) atoms. The third-order valence-electron chi connectivity index (χ3n) is 3.51. The zero-order valence-electron chi connectivity index (χ0n) is 14.6. The first kappa shape index (κ1) is 18.4. The number of hydrogen-bond donors (Lipinski definition) is 2. The minimum atomic E-state index is -0.522. The van der Waals surface area contributed by atoms with Gasteiger partial charge >= 0.3 is 5.97 Å². The number of hydrogen-bond acceptors (Lipinski definition) is 6. The highest BCUT2D eigenvalue weighted by molar-refractivity contribution is 6.07. The van der Waals surface area contributed by atoms with Gasteiger partial charge in [-0.3, -0.25) is 4.79 Å². The smallest absolute Gasteiger partial charge is 0.339 e. The quantitative estimate of drug-likeness (QED) is 0.752. The second kappa shape index (κ2) is 8.77.